The zero-order valence-electron chi connectivity index (χ0n) is 14.3. The molecule has 0 unspecified atom stereocenters. The Morgan fingerprint density at radius 1 is 1.15 bits per heavy atom. The molecule has 0 atom stereocenters. The van der Waals surface area contributed by atoms with Crippen molar-refractivity contribution in [2.45, 2.75) is 19.7 Å². The first kappa shape index (κ1) is 18.8. The quantitative estimate of drug-likeness (QED) is 0.498. The van der Waals surface area contributed by atoms with Crippen LogP contribution in [0.25, 0.3) is 6.08 Å². The minimum Gasteiger partial charge on any atom is -0.467 e. The molecule has 0 aliphatic heterocycles. The molecule has 0 N–H and O–H groups in total. The average Bonchev–Trinajstić information content (AvgIpc) is 3.34. The van der Waals surface area contributed by atoms with Crippen molar-refractivity contribution < 1.29 is 22.7 Å². The van der Waals surface area contributed by atoms with Gasteiger partial charge in [-0.05, 0) is 47.4 Å². The molecule has 1 aromatic carbocycles. The maximum atomic E-state index is 12.7. The highest BCUT2D eigenvalue weighted by Gasteiger charge is 2.14. The third-order valence-electron chi connectivity index (χ3n) is 3.69. The number of hydrogen-bond acceptors (Lipinski definition) is 4. The van der Waals surface area contributed by atoms with Gasteiger partial charge in [-0.25, -0.2) is 0 Å². The van der Waals surface area contributed by atoms with E-state index in [1.54, 1.807) is 46.8 Å². The van der Waals surface area contributed by atoms with Crippen LogP contribution in [-0.2, 0) is 17.9 Å². The van der Waals surface area contributed by atoms with Gasteiger partial charge in [0.15, 0.2) is 0 Å². The number of nitrogens with zero attached hydrogens (tertiary/aromatic N) is 1. The Morgan fingerprint density at radius 3 is 2.59 bits per heavy atom. The SMILES string of the molecule is O=C(/C=C/c1ccc(OC(F)F)cc1)N(Cc1ccco1)Cc1cccs1. The Bertz CT molecular complexity index is 823. The molecule has 0 radical (unpaired) electrons. The lowest BCUT2D eigenvalue weighted by Crippen LogP contribution is -2.27. The van der Waals surface area contributed by atoms with Gasteiger partial charge in [0.2, 0.25) is 5.91 Å². The van der Waals surface area contributed by atoms with Crippen LogP contribution in [-0.4, -0.2) is 17.4 Å². The molecule has 2 aromatic heterocycles. The minimum atomic E-state index is -2.86. The van der Waals surface area contributed by atoms with Crippen LogP contribution in [0.1, 0.15) is 16.2 Å². The second-order valence-electron chi connectivity index (χ2n) is 5.63. The molecule has 3 aromatic rings. The van der Waals surface area contributed by atoms with Crippen LogP contribution in [0.5, 0.6) is 5.75 Å². The van der Waals surface area contributed by atoms with Crippen molar-refractivity contribution in [3.8, 4) is 5.75 Å². The van der Waals surface area contributed by atoms with Crippen LogP contribution >= 0.6 is 11.3 Å². The number of carbonyl (C=O) groups excluding carboxylic acids is 1. The minimum absolute atomic E-state index is 0.0746. The summed E-state index contributed by atoms with van der Waals surface area (Å²) in [5.41, 5.74) is 0.707. The summed E-state index contributed by atoms with van der Waals surface area (Å²) in [7, 11) is 0. The first-order chi connectivity index (χ1) is 13.1. The fraction of sp³-hybridized carbons (Fsp3) is 0.150. The molecule has 1 amide bonds. The molecule has 0 saturated carbocycles. The number of benzene rings is 1. The molecular formula is C20H17F2NO3S. The Kier molecular flexibility index (Phi) is 6.38. The van der Waals surface area contributed by atoms with Crippen LogP contribution in [0.4, 0.5) is 8.78 Å². The monoisotopic (exact) mass is 389 g/mol. The van der Waals surface area contributed by atoms with E-state index >= 15 is 0 Å². The van der Waals surface area contributed by atoms with E-state index in [2.05, 4.69) is 4.74 Å². The number of halogens is 2. The summed E-state index contributed by atoms with van der Waals surface area (Å²) < 4.78 is 34.0. The summed E-state index contributed by atoms with van der Waals surface area (Å²) in [6.07, 6.45) is 4.67. The van der Waals surface area contributed by atoms with Crippen LogP contribution in [0, 0.1) is 0 Å². The maximum Gasteiger partial charge on any atom is 0.387 e. The Balaban J connectivity index is 1.68. The van der Waals surface area contributed by atoms with Gasteiger partial charge in [-0.2, -0.15) is 8.78 Å². The fourth-order valence-corrected chi connectivity index (χ4v) is 3.15. The number of thiophene rings is 1. The Hall–Kier alpha value is -2.93. The summed E-state index contributed by atoms with van der Waals surface area (Å²) in [5, 5.41) is 1.96. The predicted molar refractivity (Wildman–Crippen MR) is 99.4 cm³/mol. The topological polar surface area (TPSA) is 42.7 Å². The molecule has 7 heteroatoms. The van der Waals surface area contributed by atoms with E-state index in [0.717, 1.165) is 4.88 Å². The number of ether oxygens (including phenoxy) is 1. The third-order valence-corrected chi connectivity index (χ3v) is 4.55. The van der Waals surface area contributed by atoms with Gasteiger partial charge in [-0.1, -0.05) is 18.2 Å². The zero-order valence-corrected chi connectivity index (χ0v) is 15.1. The molecular weight excluding hydrogens is 372 g/mol. The van der Waals surface area contributed by atoms with Crippen LogP contribution in [0.3, 0.4) is 0 Å². The molecule has 0 saturated heterocycles. The molecule has 140 valence electrons. The molecule has 0 bridgehead atoms. The Labute approximate surface area is 159 Å². The molecule has 0 aliphatic rings. The molecule has 2 heterocycles. The molecule has 27 heavy (non-hydrogen) atoms. The van der Waals surface area contributed by atoms with Crippen molar-refractivity contribution in [3.63, 3.8) is 0 Å². The molecule has 0 fully saturated rings. The fourth-order valence-electron chi connectivity index (χ4n) is 2.43. The lowest BCUT2D eigenvalue weighted by atomic mass is 10.2. The van der Waals surface area contributed by atoms with E-state index in [1.807, 2.05) is 23.6 Å². The number of amides is 1. The molecule has 0 aliphatic carbocycles. The number of alkyl halides is 2. The van der Waals surface area contributed by atoms with E-state index in [0.29, 0.717) is 24.4 Å². The van der Waals surface area contributed by atoms with Crippen molar-refractivity contribution in [2.24, 2.45) is 0 Å². The number of carbonyl (C=O) groups is 1. The molecule has 4 nitrogen and oxygen atoms in total. The van der Waals surface area contributed by atoms with Crippen molar-refractivity contribution in [1.82, 2.24) is 4.90 Å². The van der Waals surface area contributed by atoms with E-state index in [4.69, 9.17) is 4.42 Å². The van der Waals surface area contributed by atoms with Crippen LogP contribution in [0.2, 0.25) is 0 Å². The number of rotatable bonds is 8. The second-order valence-corrected chi connectivity index (χ2v) is 6.67. The lowest BCUT2D eigenvalue weighted by Gasteiger charge is -2.19. The summed E-state index contributed by atoms with van der Waals surface area (Å²) in [6, 6.07) is 13.6. The van der Waals surface area contributed by atoms with Gasteiger partial charge >= 0.3 is 6.61 Å². The number of furan rings is 1. The van der Waals surface area contributed by atoms with E-state index < -0.39 is 6.61 Å². The first-order valence-electron chi connectivity index (χ1n) is 8.17. The van der Waals surface area contributed by atoms with Gasteiger partial charge in [-0.15, -0.1) is 11.3 Å². The van der Waals surface area contributed by atoms with Gasteiger partial charge in [0.1, 0.15) is 11.5 Å². The van der Waals surface area contributed by atoms with Gasteiger partial charge in [0.25, 0.3) is 0 Å². The van der Waals surface area contributed by atoms with Crippen molar-refractivity contribution in [2.75, 3.05) is 0 Å². The second kappa shape index (κ2) is 9.14. The standard InChI is InChI=1S/C20H17F2NO3S/c21-20(22)26-16-8-5-15(6-9-16)7-10-19(24)23(13-17-3-1-11-25-17)14-18-4-2-12-27-18/h1-12,20H,13-14H2/b10-7+. The van der Waals surface area contributed by atoms with E-state index in [9.17, 15) is 13.6 Å². The average molecular weight is 389 g/mol. The zero-order chi connectivity index (χ0) is 19.1. The van der Waals surface area contributed by atoms with Crippen molar-refractivity contribution in [3.05, 3.63) is 82.5 Å². The summed E-state index contributed by atoms with van der Waals surface area (Å²) >= 11 is 1.58. The van der Waals surface area contributed by atoms with Gasteiger partial charge in [0, 0.05) is 11.0 Å². The van der Waals surface area contributed by atoms with Gasteiger partial charge in [-0.3, -0.25) is 4.79 Å². The van der Waals surface area contributed by atoms with Crippen LogP contribution < -0.4 is 4.74 Å². The highest BCUT2D eigenvalue weighted by molar-refractivity contribution is 7.09. The first-order valence-corrected chi connectivity index (χ1v) is 9.05. The summed E-state index contributed by atoms with van der Waals surface area (Å²) in [4.78, 5) is 15.4. The van der Waals surface area contributed by atoms with E-state index in [1.165, 1.54) is 18.2 Å². The summed E-state index contributed by atoms with van der Waals surface area (Å²) in [5.74, 6) is 0.597. The highest BCUT2D eigenvalue weighted by Crippen LogP contribution is 2.17. The number of hydrogen-bond donors (Lipinski definition) is 0. The van der Waals surface area contributed by atoms with Gasteiger partial charge in [0.05, 0.1) is 19.4 Å². The smallest absolute Gasteiger partial charge is 0.387 e. The van der Waals surface area contributed by atoms with E-state index in [-0.39, 0.29) is 11.7 Å². The van der Waals surface area contributed by atoms with Gasteiger partial charge < -0.3 is 14.1 Å². The summed E-state index contributed by atoms with van der Waals surface area (Å²) in [6.45, 7) is -2.03. The largest absolute Gasteiger partial charge is 0.467 e. The molecule has 0 spiro atoms. The third kappa shape index (κ3) is 5.79. The van der Waals surface area contributed by atoms with Crippen molar-refractivity contribution in [1.29, 1.82) is 0 Å². The Morgan fingerprint density at radius 2 is 1.96 bits per heavy atom. The highest BCUT2D eigenvalue weighted by atomic mass is 32.1. The van der Waals surface area contributed by atoms with Crippen LogP contribution in [0.15, 0.2) is 70.7 Å². The van der Waals surface area contributed by atoms with Crippen molar-refractivity contribution >= 4 is 23.3 Å². The normalized spacial score (nSPS) is 11.2. The molecule has 3 rings (SSSR count). The lowest BCUT2D eigenvalue weighted by molar-refractivity contribution is -0.127. The predicted octanol–water partition coefficient (Wildman–Crippen LogP) is 5.18. The maximum absolute atomic E-state index is 12.7.